The van der Waals surface area contributed by atoms with E-state index in [2.05, 4.69) is 47.6 Å². The van der Waals surface area contributed by atoms with Crippen molar-refractivity contribution in [3.05, 3.63) is 114 Å². The fourth-order valence-electron chi connectivity index (χ4n) is 4.30. The molecular weight excluding hydrogens is 507 g/mol. The minimum atomic E-state index is -0.338. The largest absolute Gasteiger partial charge is 0.508 e. The van der Waals surface area contributed by atoms with Gasteiger partial charge in [-0.15, -0.1) is 0 Å². The minimum Gasteiger partial charge on any atom is -0.508 e. The molecule has 0 saturated heterocycles. The van der Waals surface area contributed by atoms with Crippen molar-refractivity contribution in [2.24, 2.45) is 0 Å². The smallest absolute Gasteiger partial charge is 0.233 e. The fourth-order valence-corrected chi connectivity index (χ4v) is 4.30. The molecule has 2 aromatic heterocycles. The number of phenols is 1. The molecule has 0 aliphatic carbocycles. The maximum absolute atomic E-state index is 13.4. The maximum Gasteiger partial charge on any atom is 0.233 e. The second kappa shape index (κ2) is 10.7. The molecular formula is C30H25FN8O. The van der Waals surface area contributed by atoms with Crippen LogP contribution in [-0.4, -0.2) is 29.6 Å². The second-order valence-electron chi connectivity index (χ2n) is 9.17. The van der Waals surface area contributed by atoms with E-state index in [1.807, 2.05) is 43.3 Å². The first-order valence-corrected chi connectivity index (χ1v) is 12.6. The predicted molar refractivity (Wildman–Crippen MR) is 154 cm³/mol. The van der Waals surface area contributed by atoms with Crippen LogP contribution in [0.4, 0.5) is 39.3 Å². The van der Waals surface area contributed by atoms with Gasteiger partial charge in [-0.25, -0.2) is 9.37 Å². The normalized spacial score (nSPS) is 10.9. The van der Waals surface area contributed by atoms with Crippen LogP contribution in [0.5, 0.6) is 5.75 Å². The lowest BCUT2D eigenvalue weighted by molar-refractivity contribution is 0.475. The highest BCUT2D eigenvalue weighted by Gasteiger charge is 2.12. The number of aromatic nitrogens is 5. The van der Waals surface area contributed by atoms with Gasteiger partial charge in [-0.2, -0.15) is 15.0 Å². The number of aromatic hydroxyl groups is 1. The number of aryl methyl sites for hydroxylation is 1. The molecule has 4 aromatic carbocycles. The van der Waals surface area contributed by atoms with Crippen molar-refractivity contribution >= 4 is 45.9 Å². The Morgan fingerprint density at radius 2 is 1.23 bits per heavy atom. The molecule has 10 heteroatoms. The molecule has 0 spiro atoms. The van der Waals surface area contributed by atoms with E-state index in [1.165, 1.54) is 17.7 Å². The van der Waals surface area contributed by atoms with Crippen LogP contribution in [0.15, 0.2) is 97.1 Å². The number of benzene rings is 4. The zero-order chi connectivity index (χ0) is 27.5. The third-order valence-corrected chi connectivity index (χ3v) is 6.24. The van der Waals surface area contributed by atoms with Crippen LogP contribution in [0, 0.1) is 12.7 Å². The first-order valence-electron chi connectivity index (χ1n) is 12.6. The Hall–Kier alpha value is -5.51. The zero-order valence-electron chi connectivity index (χ0n) is 21.5. The summed E-state index contributed by atoms with van der Waals surface area (Å²) >= 11 is 0. The molecule has 40 heavy (non-hydrogen) atoms. The molecule has 0 radical (unpaired) electrons. The molecule has 0 fully saturated rings. The van der Waals surface area contributed by atoms with Gasteiger partial charge in [-0.1, -0.05) is 30.3 Å². The molecule has 0 bridgehead atoms. The third-order valence-electron chi connectivity index (χ3n) is 6.24. The zero-order valence-corrected chi connectivity index (χ0v) is 21.5. The fraction of sp³-hybridized carbons (Fsp3) is 0.0667. The van der Waals surface area contributed by atoms with E-state index in [9.17, 15) is 9.50 Å². The van der Waals surface area contributed by atoms with Gasteiger partial charge in [-0.3, -0.25) is 0 Å². The maximum atomic E-state index is 13.4. The van der Waals surface area contributed by atoms with Crippen molar-refractivity contribution < 1.29 is 9.50 Å². The Balaban J connectivity index is 1.30. The number of nitrogens with zero attached hydrogens (tertiary/aromatic N) is 5. The number of phenolic OH excluding ortho intramolecular Hbond substituents is 1. The van der Waals surface area contributed by atoms with E-state index in [0.717, 1.165) is 29.1 Å². The summed E-state index contributed by atoms with van der Waals surface area (Å²) in [5.41, 5.74) is 5.13. The van der Waals surface area contributed by atoms with Crippen LogP contribution in [0.25, 0.3) is 11.0 Å². The van der Waals surface area contributed by atoms with Crippen LogP contribution in [0.1, 0.15) is 11.4 Å². The molecule has 4 N–H and O–H groups in total. The number of hydrogen-bond donors (Lipinski definition) is 4. The predicted octanol–water partition coefficient (Wildman–Crippen LogP) is 6.65. The van der Waals surface area contributed by atoms with E-state index in [-0.39, 0.29) is 23.5 Å². The first-order chi connectivity index (χ1) is 19.5. The summed E-state index contributed by atoms with van der Waals surface area (Å²) < 4.78 is 15.6. The summed E-state index contributed by atoms with van der Waals surface area (Å²) in [4.78, 5) is 18.3. The van der Waals surface area contributed by atoms with Crippen molar-refractivity contribution in [1.82, 2.24) is 24.5 Å². The second-order valence-corrected chi connectivity index (χ2v) is 9.17. The monoisotopic (exact) mass is 532 g/mol. The molecule has 0 saturated carbocycles. The topological polar surface area (TPSA) is 113 Å². The summed E-state index contributed by atoms with van der Waals surface area (Å²) in [5.74, 6) is 1.56. The van der Waals surface area contributed by atoms with Crippen molar-refractivity contribution in [2.75, 3.05) is 16.0 Å². The van der Waals surface area contributed by atoms with Crippen molar-refractivity contribution in [2.45, 2.75) is 13.5 Å². The summed E-state index contributed by atoms with van der Waals surface area (Å²) in [6.07, 6.45) is 0. The number of anilines is 6. The van der Waals surface area contributed by atoms with Gasteiger partial charge in [0.2, 0.25) is 17.8 Å². The van der Waals surface area contributed by atoms with Gasteiger partial charge in [0.05, 0.1) is 11.0 Å². The Kier molecular flexibility index (Phi) is 6.63. The van der Waals surface area contributed by atoms with E-state index in [0.29, 0.717) is 17.3 Å². The molecule has 198 valence electrons. The van der Waals surface area contributed by atoms with Gasteiger partial charge in [0.25, 0.3) is 0 Å². The van der Waals surface area contributed by atoms with Crippen LogP contribution in [0.3, 0.4) is 0 Å². The average Bonchev–Trinajstić information content (AvgIpc) is 3.25. The minimum absolute atomic E-state index is 0.152. The van der Waals surface area contributed by atoms with Gasteiger partial charge < -0.3 is 25.6 Å². The van der Waals surface area contributed by atoms with E-state index in [1.54, 1.807) is 36.4 Å². The number of fused-ring (bicyclic) bond motifs is 1. The van der Waals surface area contributed by atoms with Gasteiger partial charge in [0, 0.05) is 23.6 Å². The quantitative estimate of drug-likeness (QED) is 0.161. The molecule has 0 aliphatic heterocycles. The molecule has 2 heterocycles. The Bertz CT molecular complexity index is 1710. The number of rotatable bonds is 8. The lowest BCUT2D eigenvalue weighted by Gasteiger charge is -2.12. The third kappa shape index (κ3) is 5.65. The molecule has 0 atom stereocenters. The van der Waals surface area contributed by atoms with Crippen LogP contribution < -0.4 is 16.0 Å². The Labute approximate surface area is 229 Å². The SMILES string of the molecule is Cc1nc2cc(Nc3nc(Nc4ccc(O)cc4)nc(Nc4ccc(F)cc4)n3)ccc2n1Cc1ccccc1. The van der Waals surface area contributed by atoms with Crippen molar-refractivity contribution in [1.29, 1.82) is 0 Å². The molecule has 6 aromatic rings. The van der Waals surface area contributed by atoms with Crippen LogP contribution in [-0.2, 0) is 6.54 Å². The van der Waals surface area contributed by atoms with Crippen molar-refractivity contribution in [3.8, 4) is 5.75 Å². The Morgan fingerprint density at radius 3 is 1.85 bits per heavy atom. The average molecular weight is 533 g/mol. The highest BCUT2D eigenvalue weighted by molar-refractivity contribution is 5.81. The van der Waals surface area contributed by atoms with Crippen LogP contribution in [0.2, 0.25) is 0 Å². The lowest BCUT2D eigenvalue weighted by Crippen LogP contribution is -2.07. The van der Waals surface area contributed by atoms with Crippen LogP contribution >= 0.6 is 0 Å². The van der Waals surface area contributed by atoms with Gasteiger partial charge in [0.1, 0.15) is 17.4 Å². The number of imidazole rings is 1. The van der Waals surface area contributed by atoms with Crippen molar-refractivity contribution in [3.63, 3.8) is 0 Å². The van der Waals surface area contributed by atoms with Gasteiger partial charge in [0.15, 0.2) is 0 Å². The lowest BCUT2D eigenvalue weighted by atomic mass is 10.2. The van der Waals surface area contributed by atoms with E-state index < -0.39 is 0 Å². The molecule has 0 unspecified atom stereocenters. The molecule has 6 rings (SSSR count). The van der Waals surface area contributed by atoms with E-state index in [4.69, 9.17) is 4.98 Å². The summed E-state index contributed by atoms with van der Waals surface area (Å²) in [6.45, 7) is 2.73. The highest BCUT2D eigenvalue weighted by Crippen LogP contribution is 2.25. The Morgan fingerprint density at radius 1 is 0.675 bits per heavy atom. The van der Waals surface area contributed by atoms with Gasteiger partial charge in [-0.05, 0) is 79.2 Å². The number of nitrogens with one attached hydrogen (secondary N) is 3. The first kappa shape index (κ1) is 24.8. The van der Waals surface area contributed by atoms with Gasteiger partial charge >= 0.3 is 0 Å². The molecule has 9 nitrogen and oxygen atoms in total. The number of hydrogen-bond acceptors (Lipinski definition) is 8. The molecule has 0 amide bonds. The summed E-state index contributed by atoms with van der Waals surface area (Å²) in [5, 5.41) is 19.1. The number of halogens is 1. The summed E-state index contributed by atoms with van der Waals surface area (Å²) in [6, 6.07) is 28.7. The highest BCUT2D eigenvalue weighted by atomic mass is 19.1. The standard InChI is InChI=1S/C30H25FN8O/c1-19-32-26-17-24(13-16-27(26)39(19)18-20-5-3-2-4-6-20)35-30-37-28(33-22-9-7-21(31)8-10-22)36-29(38-30)34-23-11-14-25(40)15-12-23/h2-17,40H,18H2,1H3,(H3,33,34,35,36,37,38). The van der Waals surface area contributed by atoms with E-state index >= 15 is 0 Å². The molecule has 0 aliphatic rings. The summed E-state index contributed by atoms with van der Waals surface area (Å²) in [7, 11) is 0.